The van der Waals surface area contributed by atoms with Gasteiger partial charge in [0, 0.05) is 6.42 Å². The van der Waals surface area contributed by atoms with Crippen LogP contribution in [0.15, 0.2) is 12.3 Å². The Balaban J connectivity index is 4.21. The van der Waals surface area contributed by atoms with Crippen molar-refractivity contribution in [3.8, 4) is 0 Å². The summed E-state index contributed by atoms with van der Waals surface area (Å²) in [6.07, 6.45) is 43.4. The van der Waals surface area contributed by atoms with E-state index in [9.17, 15) is 14.3 Å². The summed E-state index contributed by atoms with van der Waals surface area (Å²) in [7, 11) is 1.65. The number of hydrogen-bond donors (Lipinski definition) is 1. The molecule has 0 spiro atoms. The first-order valence-electron chi connectivity index (χ1n) is 23.0. The van der Waals surface area contributed by atoms with Crippen LogP contribution in [0.4, 0.5) is 0 Å². The number of phosphoric ester groups is 1. The van der Waals surface area contributed by atoms with Crippen molar-refractivity contribution in [2.75, 3.05) is 47.5 Å². The van der Waals surface area contributed by atoms with Crippen molar-refractivity contribution in [3.05, 3.63) is 12.3 Å². The van der Waals surface area contributed by atoms with E-state index in [0.29, 0.717) is 17.4 Å². The summed E-state index contributed by atoms with van der Waals surface area (Å²) in [5, 5.41) is 0. The second-order valence-corrected chi connectivity index (χ2v) is 18.3. The lowest BCUT2D eigenvalue weighted by molar-refractivity contribution is -0.870. The maximum Gasteiger partial charge on any atom is 0.472 e. The van der Waals surface area contributed by atoms with Gasteiger partial charge in [0.25, 0.3) is 0 Å². The Morgan fingerprint density at radius 1 is 0.574 bits per heavy atom. The predicted octanol–water partition coefficient (Wildman–Crippen LogP) is 13.8. The fourth-order valence-electron chi connectivity index (χ4n) is 6.58. The molecule has 0 aliphatic carbocycles. The fourth-order valence-corrected chi connectivity index (χ4v) is 7.32. The largest absolute Gasteiger partial charge is 0.498 e. The predicted molar refractivity (Wildman–Crippen MR) is 229 cm³/mol. The van der Waals surface area contributed by atoms with E-state index in [1.807, 2.05) is 27.2 Å². The zero-order chi connectivity index (χ0) is 39.9. The van der Waals surface area contributed by atoms with Crippen LogP contribution in [0.2, 0.25) is 0 Å². The molecule has 0 aromatic carbocycles. The Hall–Kier alpha value is -0.920. The molecule has 54 heavy (non-hydrogen) atoms. The van der Waals surface area contributed by atoms with E-state index in [1.165, 1.54) is 167 Å². The lowest BCUT2D eigenvalue weighted by Gasteiger charge is -2.24. The van der Waals surface area contributed by atoms with Crippen molar-refractivity contribution in [2.24, 2.45) is 0 Å². The summed E-state index contributed by atoms with van der Waals surface area (Å²) in [5.41, 5.74) is 0. The average Bonchev–Trinajstić information content (AvgIpc) is 3.12. The summed E-state index contributed by atoms with van der Waals surface area (Å²) in [6.45, 7) is 4.97. The van der Waals surface area contributed by atoms with Gasteiger partial charge in [0.05, 0.1) is 34.0 Å². The van der Waals surface area contributed by atoms with Gasteiger partial charge in [-0.3, -0.25) is 13.8 Å². The number of phosphoric acid groups is 1. The molecule has 0 bridgehead atoms. The summed E-state index contributed by atoms with van der Waals surface area (Å²) >= 11 is 0. The third-order valence-corrected chi connectivity index (χ3v) is 11.2. The molecule has 0 aromatic heterocycles. The normalized spacial score (nSPS) is 13.7. The molecule has 0 amide bonds. The number of esters is 1. The molecule has 0 saturated heterocycles. The van der Waals surface area contributed by atoms with Crippen LogP contribution in [0.25, 0.3) is 0 Å². The number of quaternary nitrogens is 1. The quantitative estimate of drug-likeness (QED) is 0.0216. The highest BCUT2D eigenvalue weighted by molar-refractivity contribution is 7.47. The van der Waals surface area contributed by atoms with Crippen LogP contribution in [0.1, 0.15) is 219 Å². The molecule has 0 aliphatic heterocycles. The molecule has 2 atom stereocenters. The van der Waals surface area contributed by atoms with Crippen LogP contribution < -0.4 is 0 Å². The number of rotatable bonds is 43. The molecule has 0 fully saturated rings. The molecule has 0 aromatic rings. The molecule has 0 radical (unpaired) electrons. The minimum Gasteiger partial charge on any atom is -0.498 e. The summed E-state index contributed by atoms with van der Waals surface area (Å²) in [5.74, 6) is -0.331. The molecule has 0 saturated carbocycles. The number of ether oxygens (including phenoxy) is 2. The van der Waals surface area contributed by atoms with Crippen molar-refractivity contribution >= 4 is 13.8 Å². The topological polar surface area (TPSA) is 91.3 Å². The van der Waals surface area contributed by atoms with Gasteiger partial charge in [0.15, 0.2) is 6.10 Å². The number of nitrogens with zero attached hydrogens (tertiary/aromatic N) is 1. The fraction of sp³-hybridized carbons (Fsp3) is 0.933. The van der Waals surface area contributed by atoms with Gasteiger partial charge in [-0.1, -0.05) is 194 Å². The third-order valence-electron chi connectivity index (χ3n) is 10.2. The summed E-state index contributed by atoms with van der Waals surface area (Å²) in [4.78, 5) is 22.9. The highest BCUT2D eigenvalue weighted by Gasteiger charge is 2.26. The minimum atomic E-state index is -4.28. The van der Waals surface area contributed by atoms with E-state index in [4.69, 9.17) is 18.5 Å². The zero-order valence-corrected chi connectivity index (χ0v) is 37.4. The molecular formula is C45H91NO7P+. The second kappa shape index (κ2) is 38.9. The maximum absolute atomic E-state index is 12.7. The monoisotopic (exact) mass is 789 g/mol. The molecule has 9 heteroatoms. The second-order valence-electron chi connectivity index (χ2n) is 16.9. The molecule has 1 unspecified atom stereocenters. The van der Waals surface area contributed by atoms with Crippen molar-refractivity contribution in [1.29, 1.82) is 0 Å². The first-order chi connectivity index (χ1) is 26.1. The van der Waals surface area contributed by atoms with Crippen LogP contribution in [-0.4, -0.2) is 69.0 Å². The average molecular weight is 789 g/mol. The zero-order valence-electron chi connectivity index (χ0n) is 36.5. The van der Waals surface area contributed by atoms with Crippen molar-refractivity contribution in [2.45, 2.75) is 225 Å². The number of hydrogen-bond acceptors (Lipinski definition) is 6. The van der Waals surface area contributed by atoms with Crippen molar-refractivity contribution in [1.82, 2.24) is 0 Å². The Labute approximate surface area is 335 Å². The first-order valence-corrected chi connectivity index (χ1v) is 24.5. The lowest BCUT2D eigenvalue weighted by atomic mass is 10.0. The van der Waals surface area contributed by atoms with E-state index in [0.717, 1.165) is 32.1 Å². The highest BCUT2D eigenvalue weighted by atomic mass is 31.2. The number of likely N-dealkylation sites (N-methyl/N-ethyl adjacent to an activating group) is 1. The molecular weight excluding hydrogens is 697 g/mol. The number of carbonyl (C=O) groups excluding carboxylic acids is 1. The lowest BCUT2D eigenvalue weighted by Crippen LogP contribution is -2.37. The number of unbranched alkanes of at least 4 members (excludes halogenated alkanes) is 29. The van der Waals surface area contributed by atoms with Crippen LogP contribution in [-0.2, 0) is 27.9 Å². The molecule has 0 aliphatic rings. The van der Waals surface area contributed by atoms with Gasteiger partial charge in [-0.05, 0) is 25.3 Å². The standard InChI is InChI=1S/C45H90NO7P/c1-6-8-10-12-14-16-18-20-22-23-24-25-26-28-30-32-34-36-38-45(47)53-44(43-52-54(48,49)51-41-39-46(3,4)5)42-50-40-37-35-33-31-29-27-21-19-17-15-13-11-9-7-2/h37,40,44H,6-36,38-39,41-43H2,1-5H3/p+1/b40-37-/t44-/m1/s1. The Morgan fingerprint density at radius 2 is 0.963 bits per heavy atom. The Bertz CT molecular complexity index is 879. The van der Waals surface area contributed by atoms with Gasteiger partial charge in [-0.15, -0.1) is 0 Å². The molecule has 0 heterocycles. The minimum absolute atomic E-state index is 0.0543. The van der Waals surface area contributed by atoms with Gasteiger partial charge >= 0.3 is 13.8 Å². The maximum atomic E-state index is 12.7. The Morgan fingerprint density at radius 3 is 1.37 bits per heavy atom. The third kappa shape index (κ3) is 42.2. The van der Waals surface area contributed by atoms with Crippen molar-refractivity contribution in [3.63, 3.8) is 0 Å². The van der Waals surface area contributed by atoms with E-state index in [2.05, 4.69) is 13.8 Å². The van der Waals surface area contributed by atoms with E-state index >= 15 is 0 Å². The van der Waals surface area contributed by atoms with Gasteiger partial charge in [-0.25, -0.2) is 4.57 Å². The number of carbonyl (C=O) groups is 1. The Kier molecular flexibility index (Phi) is 38.3. The summed E-state index contributed by atoms with van der Waals surface area (Å²) < 4.78 is 34.8. The van der Waals surface area contributed by atoms with Crippen LogP contribution >= 0.6 is 7.82 Å². The smallest absolute Gasteiger partial charge is 0.472 e. The van der Waals surface area contributed by atoms with Crippen LogP contribution in [0, 0.1) is 0 Å². The van der Waals surface area contributed by atoms with Gasteiger partial charge in [0.1, 0.15) is 19.8 Å². The molecule has 322 valence electrons. The first kappa shape index (κ1) is 53.1. The van der Waals surface area contributed by atoms with E-state index < -0.39 is 13.9 Å². The molecule has 8 nitrogen and oxygen atoms in total. The van der Waals surface area contributed by atoms with Crippen LogP contribution in [0.3, 0.4) is 0 Å². The van der Waals surface area contributed by atoms with Crippen LogP contribution in [0.5, 0.6) is 0 Å². The van der Waals surface area contributed by atoms with E-state index in [-0.39, 0.29) is 25.8 Å². The summed E-state index contributed by atoms with van der Waals surface area (Å²) in [6, 6.07) is 0. The van der Waals surface area contributed by atoms with E-state index in [1.54, 1.807) is 6.26 Å². The molecule has 0 rings (SSSR count). The molecule has 1 N–H and O–H groups in total. The van der Waals surface area contributed by atoms with Crippen molar-refractivity contribution < 1.29 is 37.3 Å². The highest BCUT2D eigenvalue weighted by Crippen LogP contribution is 2.43. The van der Waals surface area contributed by atoms with Gasteiger partial charge in [-0.2, -0.15) is 0 Å². The van der Waals surface area contributed by atoms with Gasteiger partial charge < -0.3 is 18.9 Å². The van der Waals surface area contributed by atoms with Gasteiger partial charge in [0.2, 0.25) is 0 Å². The SMILES string of the molecule is CCCCCCCCCCCCCC/C=C\OC[C@H](COP(=O)(O)OCC[N+](C)(C)C)OC(=O)CCCCCCCCCCCCCCCCCCCC. The number of allylic oxidation sites excluding steroid dienone is 1.